The lowest BCUT2D eigenvalue weighted by Crippen LogP contribution is -2.10. The molecule has 3 aromatic heterocycles. The fourth-order valence-corrected chi connectivity index (χ4v) is 4.42. The highest BCUT2D eigenvalue weighted by atomic mass is 32.1. The van der Waals surface area contributed by atoms with Crippen molar-refractivity contribution in [2.75, 3.05) is 25.6 Å². The normalized spacial score (nSPS) is 13.8. The van der Waals surface area contributed by atoms with Crippen molar-refractivity contribution in [3.8, 4) is 11.6 Å². The maximum absolute atomic E-state index is 12.8. The average Bonchev–Trinajstić information content (AvgIpc) is 3.47. The number of aromatic nitrogens is 4. The van der Waals surface area contributed by atoms with Gasteiger partial charge in [-0.2, -0.15) is 5.10 Å². The highest BCUT2D eigenvalue weighted by Gasteiger charge is 2.19. The second-order valence-corrected chi connectivity index (χ2v) is 7.89. The number of anilines is 1. The van der Waals surface area contributed by atoms with Crippen molar-refractivity contribution >= 4 is 38.2 Å². The molecule has 0 radical (unpaired) electrons. The monoisotopic (exact) mass is 433 g/mol. The van der Waals surface area contributed by atoms with Gasteiger partial charge in [-0.25, -0.2) is 14.6 Å². The highest BCUT2D eigenvalue weighted by Crippen LogP contribution is 2.37. The molecule has 1 aliphatic heterocycles. The van der Waals surface area contributed by atoms with Crippen LogP contribution in [0.2, 0.25) is 0 Å². The third-order valence-corrected chi connectivity index (χ3v) is 5.98. The van der Waals surface area contributed by atoms with Gasteiger partial charge in [0, 0.05) is 18.0 Å². The number of benzene rings is 1. The number of nitrogens with zero attached hydrogens (tertiary/aromatic N) is 4. The van der Waals surface area contributed by atoms with Crippen molar-refractivity contribution in [1.29, 1.82) is 0 Å². The molecule has 5 rings (SSSR count). The van der Waals surface area contributed by atoms with Gasteiger partial charge in [0.2, 0.25) is 5.88 Å². The number of hydrogen-bond acceptors (Lipinski definition) is 7. The van der Waals surface area contributed by atoms with Crippen molar-refractivity contribution < 1.29 is 14.3 Å². The largest absolute Gasteiger partial charge is 0.479 e. The average molecular weight is 433 g/mol. The number of carbonyl (C=O) groups excluding carboxylic acids is 1. The standard InChI is InChI=1S/C22H19N5O3S/c1-29-21-18-19(17(12-23-21)14-7-9-30-10-8-14)31-22(25-18)26-20(28)15-11-24-27(13-15)16-5-3-2-4-6-16/h2-7,11-13H,8-10H2,1H3,(H,25,26,28). The van der Waals surface area contributed by atoms with Crippen LogP contribution in [0.3, 0.4) is 0 Å². The summed E-state index contributed by atoms with van der Waals surface area (Å²) in [6, 6.07) is 9.62. The molecule has 9 heteroatoms. The summed E-state index contributed by atoms with van der Waals surface area (Å²) in [5.74, 6) is 0.153. The van der Waals surface area contributed by atoms with Gasteiger partial charge in [0.05, 0.1) is 42.5 Å². The summed E-state index contributed by atoms with van der Waals surface area (Å²) in [6.45, 7) is 1.25. The zero-order chi connectivity index (χ0) is 21.2. The van der Waals surface area contributed by atoms with Gasteiger partial charge >= 0.3 is 0 Å². The van der Waals surface area contributed by atoms with E-state index in [4.69, 9.17) is 9.47 Å². The van der Waals surface area contributed by atoms with E-state index in [1.54, 1.807) is 24.2 Å². The quantitative estimate of drug-likeness (QED) is 0.513. The van der Waals surface area contributed by atoms with Gasteiger partial charge in [-0.1, -0.05) is 35.6 Å². The molecule has 1 aromatic carbocycles. The Hall–Kier alpha value is -3.56. The number of ether oxygens (including phenoxy) is 2. The molecule has 4 aromatic rings. The number of nitrogens with one attached hydrogen (secondary N) is 1. The van der Waals surface area contributed by atoms with Crippen molar-refractivity contribution in [3.05, 3.63) is 66.1 Å². The lowest BCUT2D eigenvalue weighted by Gasteiger charge is -2.14. The molecular formula is C22H19N5O3S. The molecule has 31 heavy (non-hydrogen) atoms. The number of thiazole rings is 1. The lowest BCUT2D eigenvalue weighted by atomic mass is 10.0. The first-order valence-electron chi connectivity index (χ1n) is 9.75. The fraction of sp³-hybridized carbons (Fsp3) is 0.182. The van der Waals surface area contributed by atoms with E-state index >= 15 is 0 Å². The predicted molar refractivity (Wildman–Crippen MR) is 119 cm³/mol. The maximum Gasteiger partial charge on any atom is 0.260 e. The summed E-state index contributed by atoms with van der Waals surface area (Å²) in [6.07, 6.45) is 7.89. The van der Waals surface area contributed by atoms with Crippen LogP contribution in [0, 0.1) is 0 Å². The molecule has 0 saturated heterocycles. The van der Waals surface area contributed by atoms with Crippen molar-refractivity contribution in [2.45, 2.75) is 6.42 Å². The summed E-state index contributed by atoms with van der Waals surface area (Å²) in [4.78, 5) is 21.8. The van der Waals surface area contributed by atoms with E-state index in [1.165, 1.54) is 17.5 Å². The molecular weight excluding hydrogens is 414 g/mol. The SMILES string of the molecule is COc1ncc(C2=CCOCC2)c2sc(NC(=O)c3cnn(-c4ccccc4)c3)nc12. The fourth-order valence-electron chi connectivity index (χ4n) is 3.43. The van der Waals surface area contributed by atoms with Gasteiger partial charge in [0.1, 0.15) is 5.52 Å². The molecule has 0 unspecified atom stereocenters. The summed E-state index contributed by atoms with van der Waals surface area (Å²) in [7, 11) is 1.56. The number of carbonyl (C=O) groups is 1. The minimum atomic E-state index is -0.278. The summed E-state index contributed by atoms with van der Waals surface area (Å²) >= 11 is 1.40. The smallest absolute Gasteiger partial charge is 0.260 e. The zero-order valence-electron chi connectivity index (χ0n) is 16.7. The Morgan fingerprint density at radius 3 is 2.90 bits per heavy atom. The van der Waals surface area contributed by atoms with Crippen molar-refractivity contribution in [3.63, 3.8) is 0 Å². The first kappa shape index (κ1) is 19.4. The van der Waals surface area contributed by atoms with Crippen LogP contribution in [0.15, 0.2) is 55.0 Å². The summed E-state index contributed by atoms with van der Waals surface area (Å²) in [5.41, 5.74) is 4.12. The first-order valence-corrected chi connectivity index (χ1v) is 10.6. The van der Waals surface area contributed by atoms with Crippen LogP contribution in [-0.4, -0.2) is 46.0 Å². The van der Waals surface area contributed by atoms with Crippen LogP contribution in [0.1, 0.15) is 22.3 Å². The van der Waals surface area contributed by atoms with Gasteiger partial charge in [-0.15, -0.1) is 0 Å². The molecule has 1 amide bonds. The number of methoxy groups -OCH3 is 1. The van der Waals surface area contributed by atoms with E-state index < -0.39 is 0 Å². The number of rotatable bonds is 5. The van der Waals surface area contributed by atoms with E-state index in [0.29, 0.717) is 35.3 Å². The Balaban J connectivity index is 1.45. The molecule has 0 spiro atoms. The van der Waals surface area contributed by atoms with Crippen LogP contribution in [-0.2, 0) is 4.74 Å². The van der Waals surface area contributed by atoms with Crippen LogP contribution in [0.4, 0.5) is 5.13 Å². The van der Waals surface area contributed by atoms with Crippen LogP contribution in [0.25, 0.3) is 21.5 Å². The Morgan fingerprint density at radius 1 is 1.26 bits per heavy atom. The van der Waals surface area contributed by atoms with Gasteiger partial charge in [0.25, 0.3) is 5.91 Å². The Kier molecular flexibility index (Phi) is 5.19. The third-order valence-electron chi connectivity index (χ3n) is 4.97. The molecule has 8 nitrogen and oxygen atoms in total. The highest BCUT2D eigenvalue weighted by molar-refractivity contribution is 7.22. The van der Waals surface area contributed by atoms with E-state index in [1.807, 2.05) is 30.3 Å². The molecule has 156 valence electrons. The number of amides is 1. The third kappa shape index (κ3) is 3.80. The second kappa shape index (κ2) is 8.29. The minimum Gasteiger partial charge on any atom is -0.479 e. The van der Waals surface area contributed by atoms with E-state index in [0.717, 1.165) is 27.9 Å². The topological polar surface area (TPSA) is 91.2 Å². The van der Waals surface area contributed by atoms with Gasteiger partial charge in [-0.3, -0.25) is 10.1 Å². The molecule has 0 aliphatic carbocycles. The van der Waals surface area contributed by atoms with Crippen molar-refractivity contribution in [2.24, 2.45) is 0 Å². The Bertz CT molecular complexity index is 1280. The molecule has 1 aliphatic rings. The number of para-hydroxylation sites is 1. The van der Waals surface area contributed by atoms with Crippen molar-refractivity contribution in [1.82, 2.24) is 19.7 Å². The predicted octanol–water partition coefficient (Wildman–Crippen LogP) is 3.94. The lowest BCUT2D eigenvalue weighted by molar-refractivity contribution is 0.102. The molecule has 1 N–H and O–H groups in total. The van der Waals surface area contributed by atoms with E-state index in [-0.39, 0.29) is 5.91 Å². The molecule has 0 saturated carbocycles. The number of hydrogen-bond donors (Lipinski definition) is 1. The Labute approximate surface area is 182 Å². The van der Waals surface area contributed by atoms with Gasteiger partial charge in [0.15, 0.2) is 5.13 Å². The molecule has 4 heterocycles. The number of pyridine rings is 1. The van der Waals surface area contributed by atoms with Crippen LogP contribution in [0.5, 0.6) is 5.88 Å². The molecule has 0 bridgehead atoms. The van der Waals surface area contributed by atoms with Gasteiger partial charge in [-0.05, 0) is 24.1 Å². The van der Waals surface area contributed by atoms with E-state index in [2.05, 4.69) is 26.5 Å². The van der Waals surface area contributed by atoms with E-state index in [9.17, 15) is 4.79 Å². The molecule has 0 atom stereocenters. The number of fused-ring (bicyclic) bond motifs is 1. The Morgan fingerprint density at radius 2 is 2.13 bits per heavy atom. The minimum absolute atomic E-state index is 0.278. The van der Waals surface area contributed by atoms with Crippen LogP contribution < -0.4 is 10.1 Å². The maximum atomic E-state index is 12.8. The zero-order valence-corrected chi connectivity index (χ0v) is 17.6. The van der Waals surface area contributed by atoms with Crippen LogP contribution >= 0.6 is 11.3 Å². The second-order valence-electron chi connectivity index (χ2n) is 6.90. The van der Waals surface area contributed by atoms with Gasteiger partial charge < -0.3 is 9.47 Å². The first-order chi connectivity index (χ1) is 15.2. The molecule has 0 fully saturated rings. The summed E-state index contributed by atoms with van der Waals surface area (Å²) in [5, 5.41) is 7.64. The summed E-state index contributed by atoms with van der Waals surface area (Å²) < 4.78 is 13.4.